The Morgan fingerprint density at radius 2 is 0.581 bits per heavy atom. The summed E-state index contributed by atoms with van der Waals surface area (Å²) in [6.45, 7) is 11.7. The van der Waals surface area contributed by atoms with Crippen molar-refractivity contribution >= 4 is 39.5 Å². The Hall–Kier alpha value is -2.46. The molecule has 0 bridgehead atoms. The number of carbonyl (C=O) groups is 4. The first-order chi connectivity index (χ1) is 44.7. The van der Waals surface area contributed by atoms with Gasteiger partial charge in [0.15, 0.2) is 12.2 Å². The molecule has 93 heavy (non-hydrogen) atoms. The summed E-state index contributed by atoms with van der Waals surface area (Å²) < 4.78 is 68.3. The first-order valence-electron chi connectivity index (χ1n) is 37.7. The number of phosphoric ester groups is 2. The summed E-state index contributed by atoms with van der Waals surface area (Å²) in [7, 11) is -9.92. The fourth-order valence-corrected chi connectivity index (χ4v) is 12.3. The molecular formula is C74H140O17P2. The molecule has 548 valence electrons. The summed E-state index contributed by atoms with van der Waals surface area (Å²) in [6.07, 6.45) is 52.5. The highest BCUT2D eigenvalue weighted by molar-refractivity contribution is 7.47. The van der Waals surface area contributed by atoms with Crippen molar-refractivity contribution in [3.8, 4) is 0 Å². The maximum absolute atomic E-state index is 13.0. The highest BCUT2D eigenvalue weighted by atomic mass is 31.2. The van der Waals surface area contributed by atoms with Gasteiger partial charge in [-0.25, -0.2) is 9.13 Å². The molecule has 0 aliphatic heterocycles. The van der Waals surface area contributed by atoms with Crippen molar-refractivity contribution < 1.29 is 80.2 Å². The fraction of sp³-hybridized carbons (Fsp3) is 0.892. The van der Waals surface area contributed by atoms with E-state index in [1.807, 2.05) is 0 Å². The second-order valence-corrected chi connectivity index (χ2v) is 30.3. The molecule has 0 radical (unpaired) electrons. The Morgan fingerprint density at radius 3 is 0.871 bits per heavy atom. The molecule has 0 rings (SSSR count). The van der Waals surface area contributed by atoms with Crippen molar-refractivity contribution in [2.45, 2.75) is 369 Å². The average Bonchev–Trinajstić information content (AvgIpc) is 2.45. The first-order valence-corrected chi connectivity index (χ1v) is 40.7. The number of hydrogen-bond acceptors (Lipinski definition) is 15. The number of aliphatic hydroxyl groups excluding tert-OH is 1. The minimum absolute atomic E-state index is 0.0835. The van der Waals surface area contributed by atoms with Gasteiger partial charge in [0.1, 0.15) is 19.3 Å². The van der Waals surface area contributed by atoms with Crippen LogP contribution in [0.2, 0.25) is 0 Å². The van der Waals surface area contributed by atoms with E-state index < -0.39 is 97.5 Å². The van der Waals surface area contributed by atoms with Crippen molar-refractivity contribution in [2.24, 2.45) is 17.8 Å². The Balaban J connectivity index is 5.20. The van der Waals surface area contributed by atoms with Gasteiger partial charge >= 0.3 is 39.5 Å². The van der Waals surface area contributed by atoms with Crippen LogP contribution >= 0.6 is 15.6 Å². The van der Waals surface area contributed by atoms with Gasteiger partial charge in [0.25, 0.3) is 0 Å². The third-order valence-electron chi connectivity index (χ3n) is 16.5. The largest absolute Gasteiger partial charge is 0.472 e. The van der Waals surface area contributed by atoms with Crippen LogP contribution in [0.1, 0.15) is 350 Å². The van der Waals surface area contributed by atoms with E-state index in [-0.39, 0.29) is 25.7 Å². The SMILES string of the molecule is CCCCCC/C=C\C=C/CCCCCCCC(=O)O[C@H](COC(=O)CCCCCCCCC(C)C)COP(=O)(O)OC[C@H](O)COP(=O)(O)OC[C@@H](COC(=O)CCCCCCCCCCCCCCCCCCC(C)C)OC(=O)CCCCCCCCCC(C)C. The molecule has 0 aliphatic rings. The molecule has 0 heterocycles. The summed E-state index contributed by atoms with van der Waals surface area (Å²) in [6, 6.07) is 0. The minimum Gasteiger partial charge on any atom is -0.462 e. The van der Waals surface area contributed by atoms with E-state index in [4.69, 9.17) is 37.0 Å². The standard InChI is InChI=1S/C74H140O17P2/c1-8-9-10-11-12-13-14-15-18-23-26-29-34-43-50-57-73(78)90-70(62-85-72(77)56-49-42-37-36-40-47-54-67(6)7)64-89-93(82,83)87-60-68(75)59-86-92(80,81)88-63-69(91-74(79)58-51-44-35-30-32-39-46-53-66(4)5)61-84-71(76)55-48-41-33-28-25-22-20-17-16-19-21-24-27-31-38-45-52-65(2)3/h13-15,18,65-70,75H,8-12,16-17,19-64H2,1-7H3,(H,80,81)(H,82,83)/b14-13-,18-15-/t68-,69-,70-/m1/s1. The van der Waals surface area contributed by atoms with Crippen molar-refractivity contribution in [1.82, 2.24) is 0 Å². The van der Waals surface area contributed by atoms with Crippen LogP contribution in [0.15, 0.2) is 24.3 Å². The lowest BCUT2D eigenvalue weighted by atomic mass is 10.0. The van der Waals surface area contributed by atoms with Gasteiger partial charge in [-0.3, -0.25) is 37.3 Å². The average molecular weight is 1360 g/mol. The molecule has 0 saturated heterocycles. The highest BCUT2D eigenvalue weighted by Crippen LogP contribution is 2.45. The molecule has 3 N–H and O–H groups in total. The van der Waals surface area contributed by atoms with E-state index in [0.29, 0.717) is 37.5 Å². The molecule has 2 unspecified atom stereocenters. The van der Waals surface area contributed by atoms with Crippen LogP contribution in [-0.2, 0) is 65.4 Å². The van der Waals surface area contributed by atoms with Crippen LogP contribution < -0.4 is 0 Å². The summed E-state index contributed by atoms with van der Waals surface area (Å²) in [5.74, 6) is 0.0245. The van der Waals surface area contributed by atoms with Crippen LogP contribution in [0.25, 0.3) is 0 Å². The molecule has 0 aliphatic carbocycles. The molecule has 0 aromatic heterocycles. The smallest absolute Gasteiger partial charge is 0.462 e. The van der Waals surface area contributed by atoms with Crippen LogP contribution in [0.4, 0.5) is 0 Å². The zero-order valence-corrected chi connectivity index (χ0v) is 62.0. The van der Waals surface area contributed by atoms with Gasteiger partial charge in [-0.2, -0.15) is 0 Å². The van der Waals surface area contributed by atoms with Gasteiger partial charge in [0.2, 0.25) is 0 Å². The Morgan fingerprint density at radius 1 is 0.333 bits per heavy atom. The lowest BCUT2D eigenvalue weighted by Gasteiger charge is -2.21. The number of ether oxygens (including phenoxy) is 4. The predicted octanol–water partition coefficient (Wildman–Crippen LogP) is 21.0. The normalized spacial score (nSPS) is 14.3. The summed E-state index contributed by atoms with van der Waals surface area (Å²) in [5.41, 5.74) is 0. The number of allylic oxidation sites excluding steroid dienone is 4. The topological polar surface area (TPSA) is 237 Å². The van der Waals surface area contributed by atoms with Gasteiger partial charge in [0, 0.05) is 25.7 Å². The second kappa shape index (κ2) is 64.2. The molecule has 19 heteroatoms. The number of phosphoric acid groups is 2. The number of rotatable bonds is 70. The molecule has 5 atom stereocenters. The van der Waals surface area contributed by atoms with E-state index in [2.05, 4.69) is 72.8 Å². The molecule has 0 aromatic carbocycles. The fourth-order valence-electron chi connectivity index (χ4n) is 10.7. The molecule has 0 aromatic rings. The number of aliphatic hydroxyl groups is 1. The zero-order valence-electron chi connectivity index (χ0n) is 60.2. The van der Waals surface area contributed by atoms with Crippen molar-refractivity contribution in [2.75, 3.05) is 39.6 Å². The molecular weight excluding hydrogens is 1220 g/mol. The number of esters is 4. The third-order valence-corrected chi connectivity index (χ3v) is 18.4. The van der Waals surface area contributed by atoms with Crippen molar-refractivity contribution in [3.63, 3.8) is 0 Å². The van der Waals surface area contributed by atoms with Gasteiger partial charge < -0.3 is 33.8 Å². The molecule has 0 spiro atoms. The van der Waals surface area contributed by atoms with E-state index in [1.54, 1.807) is 0 Å². The number of unbranched alkanes of at least 4 members (excludes halogenated alkanes) is 35. The van der Waals surface area contributed by atoms with E-state index >= 15 is 0 Å². The van der Waals surface area contributed by atoms with Crippen LogP contribution in [0.5, 0.6) is 0 Å². The van der Waals surface area contributed by atoms with Crippen LogP contribution in [0.3, 0.4) is 0 Å². The third kappa shape index (κ3) is 67.9. The predicted molar refractivity (Wildman–Crippen MR) is 377 cm³/mol. The van der Waals surface area contributed by atoms with Crippen molar-refractivity contribution in [1.29, 1.82) is 0 Å². The number of hydrogen-bond donors (Lipinski definition) is 3. The summed E-state index contributed by atoms with van der Waals surface area (Å²) in [5, 5.41) is 10.6. The van der Waals surface area contributed by atoms with Crippen molar-refractivity contribution in [3.05, 3.63) is 24.3 Å². The maximum Gasteiger partial charge on any atom is 0.472 e. The maximum atomic E-state index is 13.0. The summed E-state index contributed by atoms with van der Waals surface area (Å²) >= 11 is 0. The Bertz CT molecular complexity index is 1910. The van der Waals surface area contributed by atoms with Gasteiger partial charge in [-0.1, -0.05) is 297 Å². The second-order valence-electron chi connectivity index (χ2n) is 27.4. The Labute approximate surface area is 567 Å². The number of carbonyl (C=O) groups excluding carboxylic acids is 4. The Kier molecular flexibility index (Phi) is 62.5. The molecule has 0 amide bonds. The van der Waals surface area contributed by atoms with E-state index in [9.17, 15) is 43.2 Å². The minimum atomic E-state index is -4.96. The summed E-state index contributed by atoms with van der Waals surface area (Å²) in [4.78, 5) is 72.6. The van der Waals surface area contributed by atoms with E-state index in [0.717, 1.165) is 115 Å². The zero-order chi connectivity index (χ0) is 68.7. The molecule has 0 fully saturated rings. The molecule has 17 nitrogen and oxygen atoms in total. The van der Waals surface area contributed by atoms with Crippen LogP contribution in [0, 0.1) is 17.8 Å². The van der Waals surface area contributed by atoms with Gasteiger partial charge in [-0.15, -0.1) is 0 Å². The van der Waals surface area contributed by atoms with Gasteiger partial charge in [-0.05, 0) is 69.1 Å². The van der Waals surface area contributed by atoms with E-state index in [1.165, 1.54) is 141 Å². The lowest BCUT2D eigenvalue weighted by Crippen LogP contribution is -2.30. The monoisotopic (exact) mass is 1360 g/mol. The van der Waals surface area contributed by atoms with Gasteiger partial charge in [0.05, 0.1) is 26.4 Å². The molecule has 0 saturated carbocycles. The lowest BCUT2D eigenvalue weighted by molar-refractivity contribution is -0.161. The van der Waals surface area contributed by atoms with Crippen LogP contribution in [-0.4, -0.2) is 96.7 Å². The highest BCUT2D eigenvalue weighted by Gasteiger charge is 2.30. The first kappa shape index (κ1) is 90.5. The quantitative estimate of drug-likeness (QED) is 0.0169.